The van der Waals surface area contributed by atoms with Crippen molar-refractivity contribution in [3.05, 3.63) is 58.8 Å². The van der Waals surface area contributed by atoms with Gasteiger partial charge in [-0.1, -0.05) is 15.9 Å². The first-order chi connectivity index (χ1) is 10.5. The molecular formula is C17H15BrN2O2. The lowest BCUT2D eigenvalue weighted by Gasteiger charge is -2.12. The molecule has 0 aliphatic heterocycles. The fourth-order valence-electron chi connectivity index (χ4n) is 2.15. The summed E-state index contributed by atoms with van der Waals surface area (Å²) in [6, 6.07) is 15.0. The molecule has 0 unspecified atom stereocenters. The van der Waals surface area contributed by atoms with Crippen LogP contribution < -0.4 is 10.2 Å². The molecule has 1 heterocycles. The van der Waals surface area contributed by atoms with Crippen LogP contribution in [-0.4, -0.2) is 20.0 Å². The second kappa shape index (κ2) is 5.85. The van der Waals surface area contributed by atoms with Gasteiger partial charge in [0.1, 0.15) is 5.58 Å². The Morgan fingerprint density at radius 3 is 2.50 bits per heavy atom. The Labute approximate surface area is 136 Å². The molecule has 0 fully saturated rings. The summed E-state index contributed by atoms with van der Waals surface area (Å²) in [4.78, 5) is 14.3. The zero-order valence-electron chi connectivity index (χ0n) is 12.3. The average molecular weight is 359 g/mol. The van der Waals surface area contributed by atoms with Crippen molar-refractivity contribution in [1.82, 2.24) is 0 Å². The molecule has 1 aromatic heterocycles. The molecule has 0 bridgehead atoms. The van der Waals surface area contributed by atoms with Crippen LogP contribution in [0.1, 0.15) is 10.6 Å². The van der Waals surface area contributed by atoms with Crippen LogP contribution in [0, 0.1) is 0 Å². The van der Waals surface area contributed by atoms with Crippen LogP contribution in [0.4, 0.5) is 11.4 Å². The third-order valence-electron chi connectivity index (χ3n) is 3.35. The normalized spacial score (nSPS) is 10.7. The molecule has 0 atom stereocenters. The van der Waals surface area contributed by atoms with Gasteiger partial charge in [0.2, 0.25) is 0 Å². The summed E-state index contributed by atoms with van der Waals surface area (Å²) in [7, 11) is 3.94. The number of furan rings is 1. The minimum atomic E-state index is -0.259. The third kappa shape index (κ3) is 2.99. The van der Waals surface area contributed by atoms with Crippen LogP contribution >= 0.6 is 15.9 Å². The number of nitrogens with zero attached hydrogens (tertiary/aromatic N) is 1. The maximum atomic E-state index is 12.3. The minimum Gasteiger partial charge on any atom is -0.451 e. The predicted molar refractivity (Wildman–Crippen MR) is 92.6 cm³/mol. The molecule has 2 aromatic carbocycles. The van der Waals surface area contributed by atoms with E-state index in [1.54, 1.807) is 6.07 Å². The number of halogens is 1. The molecule has 1 N–H and O–H groups in total. The van der Waals surface area contributed by atoms with Crippen LogP contribution in [0.5, 0.6) is 0 Å². The number of anilines is 2. The predicted octanol–water partition coefficient (Wildman–Crippen LogP) is 4.51. The van der Waals surface area contributed by atoms with Crippen molar-refractivity contribution in [3.63, 3.8) is 0 Å². The molecule has 0 aliphatic rings. The highest BCUT2D eigenvalue weighted by Gasteiger charge is 2.12. The molecule has 4 nitrogen and oxygen atoms in total. The van der Waals surface area contributed by atoms with Gasteiger partial charge >= 0.3 is 0 Å². The van der Waals surface area contributed by atoms with Crippen molar-refractivity contribution in [2.75, 3.05) is 24.3 Å². The Kier molecular flexibility index (Phi) is 3.90. The highest BCUT2D eigenvalue weighted by Crippen LogP contribution is 2.24. The standard InChI is InChI=1S/C17H15BrN2O2/c1-20(2)14-7-5-13(6-8-14)19-17(21)16-9-11-3-4-12(18)10-15(11)22-16/h3-10H,1-2H3,(H,19,21). The van der Waals surface area contributed by atoms with Gasteiger partial charge in [-0.05, 0) is 48.5 Å². The van der Waals surface area contributed by atoms with Crippen LogP contribution in [0.2, 0.25) is 0 Å². The quantitative estimate of drug-likeness (QED) is 0.748. The maximum Gasteiger partial charge on any atom is 0.291 e. The van der Waals surface area contributed by atoms with Crippen molar-refractivity contribution in [1.29, 1.82) is 0 Å². The second-order valence-corrected chi connectivity index (χ2v) is 6.10. The van der Waals surface area contributed by atoms with Crippen molar-refractivity contribution < 1.29 is 9.21 Å². The van der Waals surface area contributed by atoms with E-state index in [2.05, 4.69) is 21.2 Å². The van der Waals surface area contributed by atoms with E-state index in [0.717, 1.165) is 21.2 Å². The van der Waals surface area contributed by atoms with Crippen LogP contribution in [-0.2, 0) is 0 Å². The lowest BCUT2D eigenvalue weighted by atomic mass is 10.2. The largest absolute Gasteiger partial charge is 0.451 e. The molecule has 5 heteroatoms. The van der Waals surface area contributed by atoms with Gasteiger partial charge in [0.25, 0.3) is 5.91 Å². The van der Waals surface area contributed by atoms with E-state index >= 15 is 0 Å². The van der Waals surface area contributed by atoms with E-state index in [1.807, 2.05) is 61.5 Å². The van der Waals surface area contributed by atoms with Gasteiger partial charge in [-0.25, -0.2) is 0 Å². The topological polar surface area (TPSA) is 45.5 Å². The monoisotopic (exact) mass is 358 g/mol. The number of benzene rings is 2. The first-order valence-electron chi connectivity index (χ1n) is 6.81. The first kappa shape index (κ1) is 14.7. The summed E-state index contributed by atoms with van der Waals surface area (Å²) in [5.41, 5.74) is 2.49. The Morgan fingerprint density at radius 1 is 1.09 bits per heavy atom. The molecular weight excluding hydrogens is 344 g/mol. The van der Waals surface area contributed by atoms with Gasteiger partial charge < -0.3 is 14.6 Å². The highest BCUT2D eigenvalue weighted by molar-refractivity contribution is 9.10. The summed E-state index contributed by atoms with van der Waals surface area (Å²) < 4.78 is 6.51. The number of rotatable bonds is 3. The second-order valence-electron chi connectivity index (χ2n) is 5.19. The Balaban J connectivity index is 1.80. The molecule has 0 radical (unpaired) electrons. The molecule has 3 rings (SSSR count). The summed E-state index contributed by atoms with van der Waals surface area (Å²) in [5, 5.41) is 3.74. The highest BCUT2D eigenvalue weighted by atomic mass is 79.9. The molecule has 0 saturated carbocycles. The smallest absolute Gasteiger partial charge is 0.291 e. The number of carbonyl (C=O) groups is 1. The maximum absolute atomic E-state index is 12.3. The van der Waals surface area contributed by atoms with Crippen molar-refractivity contribution in [2.45, 2.75) is 0 Å². The zero-order chi connectivity index (χ0) is 15.7. The third-order valence-corrected chi connectivity index (χ3v) is 3.84. The molecule has 0 saturated heterocycles. The van der Waals surface area contributed by atoms with Gasteiger partial charge in [-0.15, -0.1) is 0 Å². The van der Waals surface area contributed by atoms with Crippen molar-refractivity contribution in [3.8, 4) is 0 Å². The molecule has 0 aliphatic carbocycles. The van der Waals surface area contributed by atoms with E-state index < -0.39 is 0 Å². The van der Waals surface area contributed by atoms with Gasteiger partial charge in [0.05, 0.1) is 0 Å². The minimum absolute atomic E-state index is 0.259. The number of hydrogen-bond donors (Lipinski definition) is 1. The number of amides is 1. The van der Waals surface area contributed by atoms with E-state index in [9.17, 15) is 4.79 Å². The van der Waals surface area contributed by atoms with Crippen LogP contribution in [0.25, 0.3) is 11.0 Å². The van der Waals surface area contributed by atoms with Crippen molar-refractivity contribution >= 4 is 44.2 Å². The van der Waals surface area contributed by atoms with E-state index in [-0.39, 0.29) is 5.91 Å². The van der Waals surface area contributed by atoms with Gasteiger partial charge in [0.15, 0.2) is 5.76 Å². The molecule has 112 valence electrons. The average Bonchev–Trinajstić information content (AvgIpc) is 2.91. The Hall–Kier alpha value is -2.27. The van der Waals surface area contributed by atoms with E-state index in [1.165, 1.54) is 0 Å². The van der Waals surface area contributed by atoms with Crippen molar-refractivity contribution in [2.24, 2.45) is 0 Å². The Bertz CT molecular complexity index is 822. The molecule has 0 spiro atoms. The van der Waals surface area contributed by atoms with Gasteiger partial charge in [-0.3, -0.25) is 4.79 Å². The SMILES string of the molecule is CN(C)c1ccc(NC(=O)c2cc3ccc(Br)cc3o2)cc1. The van der Waals surface area contributed by atoms with E-state index in [0.29, 0.717) is 11.3 Å². The fraction of sp³-hybridized carbons (Fsp3) is 0.118. The number of hydrogen-bond acceptors (Lipinski definition) is 3. The lowest BCUT2D eigenvalue weighted by molar-refractivity contribution is 0.0998. The van der Waals surface area contributed by atoms with Gasteiger partial charge in [0, 0.05) is 35.3 Å². The lowest BCUT2D eigenvalue weighted by Crippen LogP contribution is -2.11. The number of carbonyl (C=O) groups excluding carboxylic acids is 1. The number of fused-ring (bicyclic) bond motifs is 1. The summed E-state index contributed by atoms with van der Waals surface area (Å²) in [5.74, 6) is 0.0368. The zero-order valence-corrected chi connectivity index (χ0v) is 13.8. The Morgan fingerprint density at radius 2 is 1.82 bits per heavy atom. The summed E-state index contributed by atoms with van der Waals surface area (Å²) in [6.07, 6.45) is 0. The summed E-state index contributed by atoms with van der Waals surface area (Å²) in [6.45, 7) is 0. The molecule has 3 aromatic rings. The summed E-state index contributed by atoms with van der Waals surface area (Å²) >= 11 is 3.39. The number of nitrogens with one attached hydrogen (secondary N) is 1. The van der Waals surface area contributed by atoms with Crippen LogP contribution in [0.3, 0.4) is 0 Å². The molecule has 22 heavy (non-hydrogen) atoms. The van der Waals surface area contributed by atoms with Gasteiger partial charge in [-0.2, -0.15) is 0 Å². The van der Waals surface area contributed by atoms with E-state index in [4.69, 9.17) is 4.42 Å². The van der Waals surface area contributed by atoms with Crippen LogP contribution in [0.15, 0.2) is 57.4 Å². The fourth-order valence-corrected chi connectivity index (χ4v) is 2.49. The first-order valence-corrected chi connectivity index (χ1v) is 7.60. The molecule has 1 amide bonds.